The molecule has 0 aliphatic rings. The Balaban J connectivity index is 2.48. The lowest BCUT2D eigenvalue weighted by Crippen LogP contribution is -2.03. The average molecular weight is 217 g/mol. The second-order valence-electron chi connectivity index (χ2n) is 4.42. The Hall–Kier alpha value is -1.28. The van der Waals surface area contributed by atoms with Crippen molar-refractivity contribution >= 4 is 10.9 Å². The van der Waals surface area contributed by atoms with E-state index < -0.39 is 0 Å². The summed E-state index contributed by atoms with van der Waals surface area (Å²) >= 11 is 0. The lowest BCUT2D eigenvalue weighted by Gasteiger charge is -2.01. The molecule has 1 unspecified atom stereocenters. The van der Waals surface area contributed by atoms with Crippen molar-refractivity contribution in [2.24, 2.45) is 0 Å². The van der Waals surface area contributed by atoms with Crippen molar-refractivity contribution in [1.82, 2.24) is 4.57 Å². The largest absolute Gasteiger partial charge is 0.393 e. The third-order valence-electron chi connectivity index (χ3n) is 2.85. The first-order chi connectivity index (χ1) is 7.72. The maximum atomic E-state index is 9.50. The highest BCUT2D eigenvalue weighted by molar-refractivity contribution is 5.84. The molecule has 1 atom stereocenters. The summed E-state index contributed by atoms with van der Waals surface area (Å²) in [7, 11) is 0. The van der Waals surface area contributed by atoms with Gasteiger partial charge in [-0.25, -0.2) is 0 Å². The Morgan fingerprint density at radius 2 is 2.06 bits per heavy atom. The molecule has 0 saturated heterocycles. The molecule has 0 bridgehead atoms. The maximum absolute atomic E-state index is 9.50. The fraction of sp³-hybridized carbons (Fsp3) is 0.429. The lowest BCUT2D eigenvalue weighted by atomic mass is 10.1. The van der Waals surface area contributed by atoms with E-state index in [1.165, 1.54) is 16.5 Å². The van der Waals surface area contributed by atoms with E-state index in [2.05, 4.69) is 42.0 Å². The summed E-state index contributed by atoms with van der Waals surface area (Å²) in [6.45, 7) is 5.06. The summed E-state index contributed by atoms with van der Waals surface area (Å²) in [6.07, 6.45) is 3.77. The van der Waals surface area contributed by atoms with Gasteiger partial charge in [0, 0.05) is 30.1 Å². The number of aliphatic hydroxyl groups is 1. The van der Waals surface area contributed by atoms with E-state index in [0.29, 0.717) is 0 Å². The van der Waals surface area contributed by atoms with E-state index in [9.17, 15) is 5.11 Å². The van der Waals surface area contributed by atoms with Crippen LogP contribution in [0.1, 0.15) is 25.8 Å². The molecule has 86 valence electrons. The van der Waals surface area contributed by atoms with Gasteiger partial charge >= 0.3 is 0 Å². The van der Waals surface area contributed by atoms with Gasteiger partial charge in [0.2, 0.25) is 0 Å². The first-order valence-corrected chi connectivity index (χ1v) is 5.97. The van der Waals surface area contributed by atoms with E-state index in [0.717, 1.165) is 19.4 Å². The molecule has 0 saturated carbocycles. The van der Waals surface area contributed by atoms with Gasteiger partial charge in [-0.1, -0.05) is 25.1 Å². The van der Waals surface area contributed by atoms with Crippen LogP contribution in [0.25, 0.3) is 10.9 Å². The zero-order valence-electron chi connectivity index (χ0n) is 9.98. The predicted molar refractivity (Wildman–Crippen MR) is 67.6 cm³/mol. The minimum Gasteiger partial charge on any atom is -0.393 e. The Bertz CT molecular complexity index is 471. The normalized spacial score (nSPS) is 13.2. The highest BCUT2D eigenvalue weighted by Gasteiger charge is 2.09. The molecule has 2 rings (SSSR count). The van der Waals surface area contributed by atoms with Crippen molar-refractivity contribution in [2.45, 2.75) is 39.3 Å². The molecule has 2 nitrogen and oxygen atoms in total. The molecular weight excluding hydrogens is 198 g/mol. The van der Waals surface area contributed by atoms with Crippen molar-refractivity contribution < 1.29 is 5.11 Å². The number of aryl methyl sites for hydroxylation is 1. The zero-order valence-corrected chi connectivity index (χ0v) is 9.98. The Morgan fingerprint density at radius 3 is 2.75 bits per heavy atom. The highest BCUT2D eigenvalue weighted by atomic mass is 16.3. The van der Waals surface area contributed by atoms with Gasteiger partial charge in [0.25, 0.3) is 0 Å². The molecule has 0 aliphatic carbocycles. The standard InChI is InChI=1S/C14H19NO/c1-3-8-15-10-12(9-11(2)16)13-6-4-5-7-14(13)15/h4-7,10-11,16H,3,8-9H2,1-2H3. The predicted octanol–water partition coefficient (Wildman–Crippen LogP) is 2.97. The molecule has 1 N–H and O–H groups in total. The third kappa shape index (κ3) is 2.12. The SMILES string of the molecule is CCCn1cc(CC(C)O)c2ccccc21. The molecule has 0 amide bonds. The summed E-state index contributed by atoms with van der Waals surface area (Å²) in [5, 5.41) is 10.8. The number of para-hydroxylation sites is 1. The minimum atomic E-state index is -0.277. The summed E-state index contributed by atoms with van der Waals surface area (Å²) in [6, 6.07) is 8.42. The van der Waals surface area contributed by atoms with Gasteiger partial charge in [-0.05, 0) is 25.0 Å². The van der Waals surface area contributed by atoms with Gasteiger partial charge in [-0.3, -0.25) is 0 Å². The Labute approximate surface area is 96.5 Å². The number of fused-ring (bicyclic) bond motifs is 1. The van der Waals surface area contributed by atoms with Crippen LogP contribution in [0.5, 0.6) is 0 Å². The summed E-state index contributed by atoms with van der Waals surface area (Å²) < 4.78 is 2.28. The van der Waals surface area contributed by atoms with Crippen LogP contribution in [0.3, 0.4) is 0 Å². The number of nitrogens with zero attached hydrogens (tertiary/aromatic N) is 1. The molecule has 1 heterocycles. The number of hydrogen-bond donors (Lipinski definition) is 1. The topological polar surface area (TPSA) is 25.2 Å². The van der Waals surface area contributed by atoms with Crippen LogP contribution >= 0.6 is 0 Å². The number of benzene rings is 1. The molecular formula is C14H19NO. The van der Waals surface area contributed by atoms with Crippen LogP contribution in [0.15, 0.2) is 30.5 Å². The monoisotopic (exact) mass is 217 g/mol. The Morgan fingerprint density at radius 1 is 1.31 bits per heavy atom. The van der Waals surface area contributed by atoms with E-state index >= 15 is 0 Å². The first kappa shape index (κ1) is 11.2. The minimum absolute atomic E-state index is 0.277. The van der Waals surface area contributed by atoms with Gasteiger partial charge in [0.1, 0.15) is 0 Å². The van der Waals surface area contributed by atoms with E-state index in [-0.39, 0.29) is 6.10 Å². The number of rotatable bonds is 4. The fourth-order valence-corrected chi connectivity index (χ4v) is 2.23. The quantitative estimate of drug-likeness (QED) is 0.836. The second-order valence-corrected chi connectivity index (χ2v) is 4.42. The van der Waals surface area contributed by atoms with Crippen molar-refractivity contribution in [2.75, 3.05) is 0 Å². The van der Waals surface area contributed by atoms with Gasteiger partial charge < -0.3 is 9.67 Å². The third-order valence-corrected chi connectivity index (χ3v) is 2.85. The maximum Gasteiger partial charge on any atom is 0.0553 e. The first-order valence-electron chi connectivity index (χ1n) is 5.97. The van der Waals surface area contributed by atoms with Crippen LogP contribution in [-0.2, 0) is 13.0 Å². The van der Waals surface area contributed by atoms with Gasteiger partial charge in [-0.2, -0.15) is 0 Å². The summed E-state index contributed by atoms with van der Waals surface area (Å²) in [5.74, 6) is 0. The Kier molecular flexibility index (Phi) is 3.30. The molecule has 2 heteroatoms. The zero-order chi connectivity index (χ0) is 11.5. The molecule has 0 aliphatic heterocycles. The summed E-state index contributed by atoms with van der Waals surface area (Å²) in [4.78, 5) is 0. The fourth-order valence-electron chi connectivity index (χ4n) is 2.23. The van der Waals surface area contributed by atoms with Crippen LogP contribution < -0.4 is 0 Å². The van der Waals surface area contributed by atoms with Gasteiger partial charge in [0.05, 0.1) is 6.10 Å². The van der Waals surface area contributed by atoms with Crippen molar-refractivity contribution in [3.8, 4) is 0 Å². The number of aliphatic hydroxyl groups excluding tert-OH is 1. The van der Waals surface area contributed by atoms with Crippen LogP contribution in [0.4, 0.5) is 0 Å². The van der Waals surface area contributed by atoms with Crippen molar-refractivity contribution in [3.63, 3.8) is 0 Å². The molecule has 0 radical (unpaired) electrons. The van der Waals surface area contributed by atoms with Crippen LogP contribution in [0.2, 0.25) is 0 Å². The van der Waals surface area contributed by atoms with E-state index in [1.54, 1.807) is 0 Å². The molecule has 16 heavy (non-hydrogen) atoms. The van der Waals surface area contributed by atoms with Crippen molar-refractivity contribution in [1.29, 1.82) is 0 Å². The smallest absolute Gasteiger partial charge is 0.0553 e. The highest BCUT2D eigenvalue weighted by Crippen LogP contribution is 2.22. The van der Waals surface area contributed by atoms with E-state index in [1.807, 2.05) is 6.92 Å². The van der Waals surface area contributed by atoms with Gasteiger partial charge in [0.15, 0.2) is 0 Å². The number of aromatic nitrogens is 1. The molecule has 1 aromatic heterocycles. The van der Waals surface area contributed by atoms with Crippen LogP contribution in [-0.4, -0.2) is 15.8 Å². The lowest BCUT2D eigenvalue weighted by molar-refractivity contribution is 0.196. The van der Waals surface area contributed by atoms with Gasteiger partial charge in [-0.15, -0.1) is 0 Å². The van der Waals surface area contributed by atoms with Crippen molar-refractivity contribution in [3.05, 3.63) is 36.0 Å². The number of hydrogen-bond acceptors (Lipinski definition) is 1. The average Bonchev–Trinajstić information content (AvgIpc) is 2.58. The van der Waals surface area contributed by atoms with Crippen LogP contribution in [0, 0.1) is 0 Å². The molecule has 0 spiro atoms. The van der Waals surface area contributed by atoms with E-state index in [4.69, 9.17) is 0 Å². The molecule has 0 fully saturated rings. The summed E-state index contributed by atoms with van der Waals surface area (Å²) in [5.41, 5.74) is 2.53. The molecule has 2 aromatic rings. The second kappa shape index (κ2) is 4.71. The molecule has 1 aromatic carbocycles.